The third-order valence-electron chi connectivity index (χ3n) is 7.02. The van der Waals surface area contributed by atoms with Gasteiger partial charge in [-0.05, 0) is 34.7 Å². The van der Waals surface area contributed by atoms with Gasteiger partial charge < -0.3 is 14.4 Å². The SMILES string of the molecule is COC[C@@]12CN(C(=O)OCc3ccccc3)CC[C@]1(c1ccc3ccccc3c1)C2. The van der Waals surface area contributed by atoms with Crippen LogP contribution in [0.1, 0.15) is 24.0 Å². The highest BCUT2D eigenvalue weighted by Gasteiger charge is 2.70. The number of hydrogen-bond donors (Lipinski definition) is 0. The summed E-state index contributed by atoms with van der Waals surface area (Å²) in [5.74, 6) is 0. The summed E-state index contributed by atoms with van der Waals surface area (Å²) in [6.45, 7) is 2.36. The number of likely N-dealkylation sites (tertiary alicyclic amines) is 1. The molecular formula is C26H27NO3. The first kappa shape index (κ1) is 19.1. The number of carbonyl (C=O) groups is 1. The first-order valence-corrected chi connectivity index (χ1v) is 10.6. The quantitative estimate of drug-likeness (QED) is 0.593. The van der Waals surface area contributed by atoms with Gasteiger partial charge >= 0.3 is 6.09 Å². The van der Waals surface area contributed by atoms with Gasteiger partial charge in [0.05, 0.1) is 6.61 Å². The van der Waals surface area contributed by atoms with Gasteiger partial charge in [0.25, 0.3) is 0 Å². The molecule has 2 fully saturated rings. The number of benzene rings is 3. The smallest absolute Gasteiger partial charge is 0.410 e. The molecule has 1 saturated heterocycles. The van der Waals surface area contributed by atoms with E-state index >= 15 is 0 Å². The zero-order valence-corrected chi connectivity index (χ0v) is 17.3. The maximum atomic E-state index is 12.8. The summed E-state index contributed by atoms with van der Waals surface area (Å²) in [5, 5.41) is 2.53. The van der Waals surface area contributed by atoms with Crippen LogP contribution in [0.25, 0.3) is 10.8 Å². The third kappa shape index (κ3) is 3.16. The van der Waals surface area contributed by atoms with Crippen LogP contribution < -0.4 is 0 Å². The van der Waals surface area contributed by atoms with Crippen molar-refractivity contribution in [2.24, 2.45) is 5.41 Å². The Kier molecular flexibility index (Phi) is 4.75. The fourth-order valence-electron chi connectivity index (χ4n) is 5.38. The first-order valence-electron chi connectivity index (χ1n) is 10.6. The molecule has 4 nitrogen and oxygen atoms in total. The van der Waals surface area contributed by atoms with Crippen molar-refractivity contribution >= 4 is 16.9 Å². The summed E-state index contributed by atoms with van der Waals surface area (Å²) in [7, 11) is 1.75. The molecule has 1 saturated carbocycles. The van der Waals surface area contributed by atoms with Gasteiger partial charge in [-0.25, -0.2) is 4.79 Å². The standard InChI is InChI=1S/C26H27NO3/c1-29-19-25-17-26(25,23-12-11-21-9-5-6-10-22(21)15-23)13-14-27(18-25)24(28)30-16-20-7-3-2-4-8-20/h2-12,15H,13-14,16-19H2,1H3/t25-,26-/m1/s1. The molecule has 2 atom stereocenters. The molecule has 1 amide bonds. The molecule has 0 aromatic heterocycles. The van der Waals surface area contributed by atoms with E-state index in [4.69, 9.17) is 9.47 Å². The van der Waals surface area contributed by atoms with E-state index in [-0.39, 0.29) is 16.9 Å². The van der Waals surface area contributed by atoms with Gasteiger partial charge in [-0.3, -0.25) is 0 Å². The minimum atomic E-state index is -0.228. The van der Waals surface area contributed by atoms with Gasteiger partial charge in [-0.15, -0.1) is 0 Å². The largest absolute Gasteiger partial charge is 0.445 e. The minimum Gasteiger partial charge on any atom is -0.445 e. The van der Waals surface area contributed by atoms with Crippen molar-refractivity contribution in [3.63, 3.8) is 0 Å². The molecule has 5 rings (SSSR count). The molecule has 4 heteroatoms. The lowest BCUT2D eigenvalue weighted by molar-refractivity contribution is 0.0471. The predicted molar refractivity (Wildman–Crippen MR) is 117 cm³/mol. The summed E-state index contributed by atoms with van der Waals surface area (Å²) in [6, 6.07) is 25.1. The Bertz CT molecular complexity index is 1070. The van der Waals surface area contributed by atoms with E-state index in [0.717, 1.165) is 18.4 Å². The van der Waals surface area contributed by atoms with Gasteiger partial charge in [0.2, 0.25) is 0 Å². The predicted octanol–water partition coefficient (Wildman–Crippen LogP) is 5.16. The molecule has 0 N–H and O–H groups in total. The molecule has 1 heterocycles. The molecule has 1 aliphatic carbocycles. The maximum absolute atomic E-state index is 12.8. The Balaban J connectivity index is 1.34. The summed E-state index contributed by atoms with van der Waals surface area (Å²) in [4.78, 5) is 14.6. The lowest BCUT2D eigenvalue weighted by Crippen LogP contribution is -2.46. The van der Waals surface area contributed by atoms with Crippen LogP contribution in [0.5, 0.6) is 0 Å². The number of fused-ring (bicyclic) bond motifs is 2. The first-order chi connectivity index (χ1) is 14.7. The van der Waals surface area contributed by atoms with Crippen molar-refractivity contribution in [1.82, 2.24) is 4.90 Å². The van der Waals surface area contributed by atoms with E-state index in [2.05, 4.69) is 42.5 Å². The number of methoxy groups -OCH3 is 1. The fraction of sp³-hybridized carbons (Fsp3) is 0.346. The number of ether oxygens (including phenoxy) is 2. The van der Waals surface area contributed by atoms with Crippen molar-refractivity contribution in [3.05, 3.63) is 83.9 Å². The zero-order valence-electron chi connectivity index (χ0n) is 17.3. The highest BCUT2D eigenvalue weighted by molar-refractivity contribution is 5.83. The number of amides is 1. The molecule has 3 aromatic rings. The van der Waals surface area contributed by atoms with Crippen molar-refractivity contribution in [1.29, 1.82) is 0 Å². The normalized spacial score (nSPS) is 25.0. The van der Waals surface area contributed by atoms with E-state index in [1.165, 1.54) is 16.3 Å². The Morgan fingerprint density at radius 3 is 2.57 bits per heavy atom. The fourth-order valence-corrected chi connectivity index (χ4v) is 5.38. The van der Waals surface area contributed by atoms with Crippen LogP contribution in [0.4, 0.5) is 4.79 Å². The zero-order chi connectivity index (χ0) is 20.6. The monoisotopic (exact) mass is 401 g/mol. The Morgan fingerprint density at radius 1 is 1.00 bits per heavy atom. The van der Waals surface area contributed by atoms with Crippen molar-refractivity contribution in [2.75, 3.05) is 26.8 Å². The Morgan fingerprint density at radius 2 is 1.77 bits per heavy atom. The average Bonchev–Trinajstić information content (AvgIpc) is 3.47. The average molecular weight is 402 g/mol. The second-order valence-corrected chi connectivity index (χ2v) is 8.75. The Labute approximate surface area is 177 Å². The molecule has 154 valence electrons. The number of piperidine rings is 1. The van der Waals surface area contributed by atoms with Crippen LogP contribution in [-0.2, 0) is 21.5 Å². The minimum absolute atomic E-state index is 0.0335. The lowest BCUT2D eigenvalue weighted by atomic mass is 9.80. The molecule has 0 bridgehead atoms. The molecule has 30 heavy (non-hydrogen) atoms. The summed E-state index contributed by atoms with van der Waals surface area (Å²) in [5.41, 5.74) is 2.43. The summed E-state index contributed by atoms with van der Waals surface area (Å²) >= 11 is 0. The highest BCUT2D eigenvalue weighted by atomic mass is 16.6. The van der Waals surface area contributed by atoms with Crippen LogP contribution in [0.3, 0.4) is 0 Å². The second-order valence-electron chi connectivity index (χ2n) is 8.75. The van der Waals surface area contributed by atoms with E-state index in [9.17, 15) is 4.79 Å². The number of carbonyl (C=O) groups excluding carboxylic acids is 1. The highest BCUT2D eigenvalue weighted by Crippen LogP contribution is 2.69. The van der Waals surface area contributed by atoms with Gasteiger partial charge in [0.15, 0.2) is 0 Å². The maximum Gasteiger partial charge on any atom is 0.410 e. The van der Waals surface area contributed by atoms with E-state index in [1.54, 1.807) is 7.11 Å². The van der Waals surface area contributed by atoms with E-state index < -0.39 is 0 Å². The van der Waals surface area contributed by atoms with Gasteiger partial charge in [-0.2, -0.15) is 0 Å². The summed E-state index contributed by atoms with van der Waals surface area (Å²) in [6.07, 6.45) is 1.76. The summed E-state index contributed by atoms with van der Waals surface area (Å²) < 4.78 is 11.2. The van der Waals surface area contributed by atoms with Crippen LogP contribution in [0.2, 0.25) is 0 Å². The van der Waals surface area contributed by atoms with Crippen LogP contribution in [-0.4, -0.2) is 37.8 Å². The third-order valence-corrected chi connectivity index (χ3v) is 7.02. The van der Waals surface area contributed by atoms with E-state index in [1.807, 2.05) is 35.2 Å². The van der Waals surface area contributed by atoms with Crippen molar-refractivity contribution in [3.8, 4) is 0 Å². The molecular weight excluding hydrogens is 374 g/mol. The van der Waals surface area contributed by atoms with Gasteiger partial charge in [0, 0.05) is 31.0 Å². The van der Waals surface area contributed by atoms with Crippen LogP contribution >= 0.6 is 0 Å². The Hall–Kier alpha value is -2.85. The van der Waals surface area contributed by atoms with E-state index in [0.29, 0.717) is 26.3 Å². The molecule has 0 radical (unpaired) electrons. The molecule has 0 unspecified atom stereocenters. The molecule has 0 spiro atoms. The molecule has 3 aromatic carbocycles. The second kappa shape index (κ2) is 7.44. The number of nitrogens with zero attached hydrogens (tertiary/aromatic N) is 1. The van der Waals surface area contributed by atoms with Crippen molar-refractivity contribution in [2.45, 2.75) is 24.9 Å². The number of hydrogen-bond acceptors (Lipinski definition) is 3. The molecule has 1 aliphatic heterocycles. The van der Waals surface area contributed by atoms with Crippen LogP contribution in [0, 0.1) is 5.41 Å². The number of rotatable bonds is 5. The topological polar surface area (TPSA) is 38.8 Å². The lowest BCUT2D eigenvalue weighted by Gasteiger charge is -2.37. The van der Waals surface area contributed by atoms with Gasteiger partial charge in [-0.1, -0.05) is 72.8 Å². The van der Waals surface area contributed by atoms with Crippen molar-refractivity contribution < 1.29 is 14.3 Å². The van der Waals surface area contributed by atoms with Crippen LogP contribution in [0.15, 0.2) is 72.8 Å². The molecule has 2 aliphatic rings. The van der Waals surface area contributed by atoms with Gasteiger partial charge in [0.1, 0.15) is 6.61 Å².